The summed E-state index contributed by atoms with van der Waals surface area (Å²) in [6.45, 7) is 0. The van der Waals surface area contributed by atoms with Crippen molar-refractivity contribution < 1.29 is 13.2 Å². The summed E-state index contributed by atoms with van der Waals surface area (Å²) in [5, 5.41) is 13.3. The molecule has 0 saturated carbocycles. The van der Waals surface area contributed by atoms with Crippen LogP contribution in [0.3, 0.4) is 0 Å². The van der Waals surface area contributed by atoms with E-state index in [1.807, 2.05) is 0 Å². The molecular formula is C19H19ClN2O3S2. The molecule has 2 aromatic rings. The molecule has 1 heterocycles. The summed E-state index contributed by atoms with van der Waals surface area (Å²) in [4.78, 5) is 13.6. The Bertz CT molecular complexity index is 989. The highest BCUT2D eigenvalue weighted by Gasteiger charge is 2.22. The van der Waals surface area contributed by atoms with Crippen molar-refractivity contribution >= 4 is 43.7 Å². The maximum atomic E-state index is 12.3. The zero-order valence-electron chi connectivity index (χ0n) is 14.6. The largest absolute Gasteiger partial charge is 0.317 e. The van der Waals surface area contributed by atoms with Gasteiger partial charge in [0.15, 0.2) is 9.84 Å². The normalized spacial score (nSPS) is 13.6. The van der Waals surface area contributed by atoms with E-state index in [1.54, 1.807) is 0 Å². The smallest absolute Gasteiger partial charge is 0.225 e. The van der Waals surface area contributed by atoms with E-state index in [2.05, 4.69) is 11.4 Å². The lowest BCUT2D eigenvalue weighted by Crippen LogP contribution is -2.14. The average molecular weight is 423 g/mol. The maximum Gasteiger partial charge on any atom is 0.225 e. The number of carbonyl (C=O) groups is 1. The number of anilines is 1. The van der Waals surface area contributed by atoms with Crippen LogP contribution in [0, 0.1) is 11.3 Å². The topological polar surface area (TPSA) is 87.0 Å². The Morgan fingerprint density at radius 2 is 1.93 bits per heavy atom. The van der Waals surface area contributed by atoms with Gasteiger partial charge in [0.2, 0.25) is 5.91 Å². The van der Waals surface area contributed by atoms with Crippen LogP contribution >= 0.6 is 22.9 Å². The number of aryl methyl sites for hydroxylation is 1. The minimum atomic E-state index is -3.45. The third kappa shape index (κ3) is 4.70. The molecule has 3 rings (SSSR count). The van der Waals surface area contributed by atoms with Gasteiger partial charge in [0.1, 0.15) is 11.1 Å². The highest BCUT2D eigenvalue weighted by atomic mass is 35.5. The van der Waals surface area contributed by atoms with E-state index >= 15 is 0 Å². The number of thiophene rings is 1. The molecule has 0 saturated heterocycles. The number of benzene rings is 1. The maximum absolute atomic E-state index is 12.3. The van der Waals surface area contributed by atoms with Crippen LogP contribution in [0.25, 0.3) is 0 Å². The Morgan fingerprint density at radius 3 is 2.63 bits per heavy atom. The van der Waals surface area contributed by atoms with Gasteiger partial charge >= 0.3 is 0 Å². The number of nitrogens with one attached hydrogen (secondary N) is 1. The van der Waals surface area contributed by atoms with E-state index in [0.29, 0.717) is 15.6 Å². The van der Waals surface area contributed by atoms with Gasteiger partial charge in [0.05, 0.1) is 16.2 Å². The van der Waals surface area contributed by atoms with Crippen LogP contribution < -0.4 is 5.32 Å². The highest BCUT2D eigenvalue weighted by Crippen LogP contribution is 2.37. The van der Waals surface area contributed by atoms with Gasteiger partial charge in [0, 0.05) is 16.3 Å². The molecule has 0 unspecified atom stereocenters. The first kappa shape index (κ1) is 19.9. The summed E-state index contributed by atoms with van der Waals surface area (Å²) in [5.74, 6) is -0.384. The monoisotopic (exact) mass is 422 g/mol. The van der Waals surface area contributed by atoms with E-state index < -0.39 is 9.84 Å². The molecule has 0 fully saturated rings. The molecular weight excluding hydrogens is 404 g/mol. The van der Waals surface area contributed by atoms with Crippen molar-refractivity contribution in [3.8, 4) is 6.07 Å². The summed E-state index contributed by atoms with van der Waals surface area (Å²) in [7, 11) is -3.45. The zero-order chi connectivity index (χ0) is 19.4. The summed E-state index contributed by atoms with van der Waals surface area (Å²) < 4.78 is 24.6. The first-order chi connectivity index (χ1) is 12.9. The molecule has 5 nitrogen and oxygen atoms in total. The van der Waals surface area contributed by atoms with E-state index in [4.69, 9.17) is 11.6 Å². The van der Waals surface area contributed by atoms with Gasteiger partial charge in [-0.05, 0) is 61.9 Å². The van der Waals surface area contributed by atoms with Gasteiger partial charge in [-0.2, -0.15) is 5.26 Å². The number of rotatable bonds is 6. The van der Waals surface area contributed by atoms with Gasteiger partial charge < -0.3 is 5.32 Å². The van der Waals surface area contributed by atoms with E-state index in [1.165, 1.54) is 40.5 Å². The zero-order valence-corrected chi connectivity index (χ0v) is 17.0. The van der Waals surface area contributed by atoms with Crippen molar-refractivity contribution in [1.82, 2.24) is 0 Å². The van der Waals surface area contributed by atoms with Crippen LogP contribution in [0.2, 0.25) is 5.02 Å². The quantitative estimate of drug-likeness (QED) is 0.749. The van der Waals surface area contributed by atoms with Gasteiger partial charge in [-0.1, -0.05) is 11.6 Å². The third-order valence-corrected chi connectivity index (χ3v) is 7.80. The predicted molar refractivity (Wildman–Crippen MR) is 107 cm³/mol. The molecule has 27 heavy (non-hydrogen) atoms. The Balaban J connectivity index is 1.58. The predicted octanol–water partition coefficient (Wildman–Crippen LogP) is 4.34. The molecule has 0 radical (unpaired) electrons. The minimum Gasteiger partial charge on any atom is -0.317 e. The average Bonchev–Trinajstić information content (AvgIpc) is 2.98. The number of nitriles is 1. The molecule has 1 aromatic heterocycles. The molecule has 1 N–H and O–H groups in total. The summed E-state index contributed by atoms with van der Waals surface area (Å²) >= 11 is 7.24. The van der Waals surface area contributed by atoms with Gasteiger partial charge in [0.25, 0.3) is 0 Å². The number of amides is 1. The Labute approximate surface area is 167 Å². The fourth-order valence-electron chi connectivity index (χ4n) is 3.14. The lowest BCUT2D eigenvalue weighted by Gasteiger charge is -2.09. The molecule has 1 aliphatic rings. The number of fused-ring (bicyclic) bond motifs is 1. The molecule has 1 aromatic carbocycles. The fraction of sp³-hybridized carbons (Fsp3) is 0.368. The molecule has 142 valence electrons. The summed E-state index contributed by atoms with van der Waals surface area (Å²) in [6, 6.07) is 8.20. The molecule has 8 heteroatoms. The Morgan fingerprint density at radius 1 is 1.22 bits per heavy atom. The van der Waals surface area contributed by atoms with Crippen molar-refractivity contribution in [2.45, 2.75) is 43.4 Å². The highest BCUT2D eigenvalue weighted by molar-refractivity contribution is 7.91. The first-order valence-corrected chi connectivity index (χ1v) is 11.6. The second-order valence-corrected chi connectivity index (χ2v) is 10.1. The summed E-state index contributed by atoms with van der Waals surface area (Å²) in [6.07, 6.45) is 4.29. The fourth-order valence-corrected chi connectivity index (χ4v) is 5.84. The number of carbonyl (C=O) groups excluding carboxylic acids is 1. The standard InChI is InChI=1S/C19H19ClN2O3S2/c20-13-7-9-14(10-8-13)27(24,25)11-3-6-18(23)22-19-16(12-21)15-4-1-2-5-17(15)26-19/h7-10H,1-6,11H2,(H,22,23). The third-order valence-electron chi connectivity index (χ3n) is 4.53. The second-order valence-electron chi connectivity index (χ2n) is 6.45. The van der Waals surface area contributed by atoms with Gasteiger partial charge in [-0.3, -0.25) is 4.79 Å². The van der Waals surface area contributed by atoms with E-state index in [0.717, 1.165) is 31.2 Å². The van der Waals surface area contributed by atoms with Crippen molar-refractivity contribution in [1.29, 1.82) is 5.26 Å². The Hall–Kier alpha value is -1.88. The van der Waals surface area contributed by atoms with Crippen molar-refractivity contribution in [3.63, 3.8) is 0 Å². The molecule has 1 amide bonds. The lowest BCUT2D eigenvalue weighted by molar-refractivity contribution is -0.116. The number of nitrogens with zero attached hydrogens (tertiary/aromatic N) is 1. The van der Waals surface area contributed by atoms with Crippen molar-refractivity contribution in [2.24, 2.45) is 0 Å². The van der Waals surface area contributed by atoms with E-state index in [-0.39, 0.29) is 29.4 Å². The van der Waals surface area contributed by atoms with Crippen LogP contribution in [0.5, 0.6) is 0 Å². The number of sulfone groups is 1. The van der Waals surface area contributed by atoms with Crippen LogP contribution in [0.4, 0.5) is 5.00 Å². The van der Waals surface area contributed by atoms with Crippen LogP contribution in [-0.4, -0.2) is 20.1 Å². The SMILES string of the molecule is N#Cc1c(NC(=O)CCCS(=O)(=O)c2ccc(Cl)cc2)sc2c1CCCC2. The number of hydrogen-bond donors (Lipinski definition) is 1. The van der Waals surface area contributed by atoms with Crippen LogP contribution in [0.1, 0.15) is 41.7 Å². The number of halogens is 1. The Kier molecular flexibility index (Phi) is 6.20. The second kappa shape index (κ2) is 8.42. The summed E-state index contributed by atoms with van der Waals surface area (Å²) in [5.41, 5.74) is 1.63. The molecule has 0 spiro atoms. The van der Waals surface area contributed by atoms with Gasteiger partial charge in [-0.25, -0.2) is 8.42 Å². The molecule has 0 atom stereocenters. The molecule has 0 aliphatic heterocycles. The van der Waals surface area contributed by atoms with Crippen molar-refractivity contribution in [2.75, 3.05) is 11.1 Å². The van der Waals surface area contributed by atoms with Crippen molar-refractivity contribution in [3.05, 3.63) is 45.3 Å². The molecule has 1 aliphatic carbocycles. The van der Waals surface area contributed by atoms with Crippen LogP contribution in [-0.2, 0) is 27.5 Å². The van der Waals surface area contributed by atoms with E-state index in [9.17, 15) is 18.5 Å². The lowest BCUT2D eigenvalue weighted by atomic mass is 9.96. The minimum absolute atomic E-state index is 0.0836. The first-order valence-electron chi connectivity index (χ1n) is 8.73. The van der Waals surface area contributed by atoms with Crippen LogP contribution in [0.15, 0.2) is 29.2 Å². The number of hydrogen-bond acceptors (Lipinski definition) is 5. The van der Waals surface area contributed by atoms with Gasteiger partial charge in [-0.15, -0.1) is 11.3 Å². The molecule has 0 bridgehead atoms.